The largest absolute Gasteiger partial charge is 0.481 e. The zero-order valence-corrected chi connectivity index (χ0v) is 12.2. The molecule has 1 aromatic heterocycles. The van der Waals surface area contributed by atoms with Crippen molar-refractivity contribution >= 4 is 17.8 Å². The molecule has 21 heavy (non-hydrogen) atoms. The topological polar surface area (TPSA) is 99.9 Å². The molecular weight excluding hydrogens is 276 g/mol. The van der Waals surface area contributed by atoms with Crippen LogP contribution in [0.1, 0.15) is 37.0 Å². The number of hydrogen-bond acceptors (Lipinski definition) is 4. The SMILES string of the molecule is CCN(C(=O)CCNC(=O)c1ccoc1)C(C)CC(=O)O. The van der Waals surface area contributed by atoms with Crippen molar-refractivity contribution in [2.24, 2.45) is 0 Å². The lowest BCUT2D eigenvalue weighted by molar-refractivity contribution is -0.140. The molecule has 0 saturated carbocycles. The summed E-state index contributed by atoms with van der Waals surface area (Å²) in [6.07, 6.45) is 2.75. The van der Waals surface area contributed by atoms with Gasteiger partial charge in [-0.1, -0.05) is 0 Å². The van der Waals surface area contributed by atoms with E-state index in [-0.39, 0.29) is 37.2 Å². The highest BCUT2D eigenvalue weighted by Crippen LogP contribution is 2.06. The zero-order valence-electron chi connectivity index (χ0n) is 12.2. The number of rotatable bonds is 8. The summed E-state index contributed by atoms with van der Waals surface area (Å²) in [7, 11) is 0. The maximum atomic E-state index is 12.0. The van der Waals surface area contributed by atoms with Gasteiger partial charge in [0.05, 0.1) is 18.2 Å². The lowest BCUT2D eigenvalue weighted by atomic mass is 10.2. The van der Waals surface area contributed by atoms with Gasteiger partial charge in [0.15, 0.2) is 0 Å². The Labute approximate surface area is 122 Å². The van der Waals surface area contributed by atoms with Crippen molar-refractivity contribution in [2.75, 3.05) is 13.1 Å². The van der Waals surface area contributed by atoms with Gasteiger partial charge >= 0.3 is 5.97 Å². The molecule has 2 N–H and O–H groups in total. The van der Waals surface area contributed by atoms with Gasteiger partial charge in [-0.3, -0.25) is 14.4 Å². The predicted octanol–water partition coefficient (Wildman–Crippen LogP) is 1.11. The molecule has 0 aromatic carbocycles. The molecule has 0 fully saturated rings. The number of amides is 2. The van der Waals surface area contributed by atoms with E-state index in [1.807, 2.05) is 0 Å². The zero-order chi connectivity index (χ0) is 15.8. The third-order valence-corrected chi connectivity index (χ3v) is 3.07. The summed E-state index contributed by atoms with van der Waals surface area (Å²) in [5, 5.41) is 11.4. The van der Waals surface area contributed by atoms with Gasteiger partial charge < -0.3 is 19.7 Å². The molecule has 0 aliphatic carbocycles. The second-order valence-corrected chi connectivity index (χ2v) is 4.64. The van der Waals surface area contributed by atoms with Crippen LogP contribution in [0, 0.1) is 0 Å². The number of carbonyl (C=O) groups is 3. The number of carboxylic acid groups (broad SMARTS) is 1. The fourth-order valence-electron chi connectivity index (χ4n) is 2.02. The molecular formula is C14H20N2O5. The van der Waals surface area contributed by atoms with Crippen molar-refractivity contribution < 1.29 is 23.9 Å². The van der Waals surface area contributed by atoms with Gasteiger partial charge in [0.1, 0.15) is 6.26 Å². The van der Waals surface area contributed by atoms with Crippen LogP contribution in [0.3, 0.4) is 0 Å². The van der Waals surface area contributed by atoms with Crippen LogP contribution < -0.4 is 5.32 Å². The first kappa shape index (κ1) is 16.7. The molecule has 0 spiro atoms. The third kappa shape index (κ3) is 5.29. The molecule has 7 nitrogen and oxygen atoms in total. The van der Waals surface area contributed by atoms with E-state index >= 15 is 0 Å². The van der Waals surface area contributed by atoms with Crippen molar-refractivity contribution in [1.82, 2.24) is 10.2 Å². The van der Waals surface area contributed by atoms with E-state index in [9.17, 15) is 14.4 Å². The van der Waals surface area contributed by atoms with Crippen LogP contribution in [-0.4, -0.2) is 46.9 Å². The number of nitrogens with zero attached hydrogens (tertiary/aromatic N) is 1. The van der Waals surface area contributed by atoms with Gasteiger partial charge in [0.25, 0.3) is 5.91 Å². The average molecular weight is 296 g/mol. The summed E-state index contributed by atoms with van der Waals surface area (Å²) in [6, 6.07) is 1.16. The molecule has 0 bridgehead atoms. The fraction of sp³-hybridized carbons (Fsp3) is 0.500. The lowest BCUT2D eigenvalue weighted by Crippen LogP contribution is -2.41. The normalized spacial score (nSPS) is 11.7. The number of nitrogens with one attached hydrogen (secondary N) is 1. The molecule has 0 aliphatic heterocycles. The van der Waals surface area contributed by atoms with Gasteiger partial charge in [-0.2, -0.15) is 0 Å². The van der Waals surface area contributed by atoms with Gasteiger partial charge in [-0.15, -0.1) is 0 Å². The predicted molar refractivity (Wildman–Crippen MR) is 74.8 cm³/mol. The number of aliphatic carboxylic acids is 1. The van der Waals surface area contributed by atoms with E-state index in [1.165, 1.54) is 23.5 Å². The molecule has 1 rings (SSSR count). The first-order chi connectivity index (χ1) is 9.95. The summed E-state index contributed by atoms with van der Waals surface area (Å²) < 4.78 is 4.80. The molecule has 0 saturated heterocycles. The minimum Gasteiger partial charge on any atom is -0.481 e. The molecule has 1 heterocycles. The molecule has 0 radical (unpaired) electrons. The molecule has 7 heteroatoms. The lowest BCUT2D eigenvalue weighted by Gasteiger charge is -2.27. The average Bonchev–Trinajstić information content (AvgIpc) is 2.92. The first-order valence-electron chi connectivity index (χ1n) is 6.77. The highest BCUT2D eigenvalue weighted by molar-refractivity contribution is 5.94. The van der Waals surface area contributed by atoms with E-state index in [4.69, 9.17) is 9.52 Å². The molecule has 1 unspecified atom stereocenters. The van der Waals surface area contributed by atoms with Crippen molar-refractivity contribution in [3.05, 3.63) is 24.2 Å². The van der Waals surface area contributed by atoms with Crippen LogP contribution in [0.25, 0.3) is 0 Å². The Hall–Kier alpha value is -2.31. The van der Waals surface area contributed by atoms with Crippen LogP contribution in [0.2, 0.25) is 0 Å². The van der Waals surface area contributed by atoms with Gasteiger partial charge in [-0.05, 0) is 19.9 Å². The van der Waals surface area contributed by atoms with Crippen LogP contribution in [0.4, 0.5) is 0 Å². The minimum atomic E-state index is -0.943. The maximum Gasteiger partial charge on any atom is 0.305 e. The Morgan fingerprint density at radius 2 is 2.14 bits per heavy atom. The molecule has 1 atom stereocenters. The molecule has 0 aliphatic rings. The van der Waals surface area contributed by atoms with E-state index in [0.29, 0.717) is 12.1 Å². The quantitative estimate of drug-likeness (QED) is 0.748. The van der Waals surface area contributed by atoms with Crippen molar-refractivity contribution in [1.29, 1.82) is 0 Å². The monoisotopic (exact) mass is 296 g/mol. The summed E-state index contributed by atoms with van der Waals surface area (Å²) in [4.78, 5) is 35.8. The second kappa shape index (κ2) is 8.08. The highest BCUT2D eigenvalue weighted by Gasteiger charge is 2.20. The Bertz CT molecular complexity index is 484. The molecule has 116 valence electrons. The van der Waals surface area contributed by atoms with Gasteiger partial charge in [0, 0.05) is 25.6 Å². The van der Waals surface area contributed by atoms with E-state index < -0.39 is 5.97 Å². The summed E-state index contributed by atoms with van der Waals surface area (Å²) in [5.74, 6) is -1.43. The van der Waals surface area contributed by atoms with E-state index in [0.717, 1.165) is 0 Å². The fourth-order valence-corrected chi connectivity index (χ4v) is 2.02. The van der Waals surface area contributed by atoms with Crippen LogP contribution in [0.15, 0.2) is 23.0 Å². The summed E-state index contributed by atoms with van der Waals surface area (Å²) >= 11 is 0. The Morgan fingerprint density at radius 3 is 2.67 bits per heavy atom. The third-order valence-electron chi connectivity index (χ3n) is 3.07. The van der Waals surface area contributed by atoms with Crippen molar-refractivity contribution in [3.8, 4) is 0 Å². The summed E-state index contributed by atoms with van der Waals surface area (Å²) in [6.45, 7) is 4.11. The van der Waals surface area contributed by atoms with Gasteiger partial charge in [0.2, 0.25) is 5.91 Å². The van der Waals surface area contributed by atoms with Crippen molar-refractivity contribution in [3.63, 3.8) is 0 Å². The Balaban J connectivity index is 2.40. The first-order valence-corrected chi connectivity index (χ1v) is 6.77. The number of carboxylic acids is 1. The van der Waals surface area contributed by atoms with E-state index in [2.05, 4.69) is 5.32 Å². The number of furan rings is 1. The molecule has 1 aromatic rings. The minimum absolute atomic E-state index is 0.0963. The standard InChI is InChI=1S/C14H20N2O5/c1-3-16(10(2)8-13(18)19)12(17)4-6-15-14(20)11-5-7-21-9-11/h5,7,9-10H,3-4,6,8H2,1-2H3,(H,15,20)(H,18,19). The van der Waals surface area contributed by atoms with Crippen LogP contribution in [-0.2, 0) is 9.59 Å². The molecule has 2 amide bonds. The number of carbonyl (C=O) groups excluding carboxylic acids is 2. The second-order valence-electron chi connectivity index (χ2n) is 4.64. The highest BCUT2D eigenvalue weighted by atomic mass is 16.4. The van der Waals surface area contributed by atoms with Crippen LogP contribution in [0.5, 0.6) is 0 Å². The number of hydrogen-bond donors (Lipinski definition) is 2. The van der Waals surface area contributed by atoms with Crippen molar-refractivity contribution in [2.45, 2.75) is 32.7 Å². The van der Waals surface area contributed by atoms with E-state index in [1.54, 1.807) is 13.8 Å². The smallest absolute Gasteiger partial charge is 0.305 e. The Kier molecular flexibility index (Phi) is 6.45. The maximum absolute atomic E-state index is 12.0. The van der Waals surface area contributed by atoms with Crippen LogP contribution >= 0.6 is 0 Å². The summed E-state index contributed by atoms with van der Waals surface area (Å²) in [5.41, 5.74) is 0.397. The Morgan fingerprint density at radius 1 is 1.43 bits per heavy atom. The van der Waals surface area contributed by atoms with Gasteiger partial charge in [-0.25, -0.2) is 0 Å².